The van der Waals surface area contributed by atoms with Crippen LogP contribution in [0, 0.1) is 0 Å². The molecule has 17 heavy (non-hydrogen) atoms. The smallest absolute Gasteiger partial charge is 0.354 e. The molecule has 0 amide bonds. The number of rotatable bonds is 4. The normalized spacial score (nSPS) is 12.9. The van der Waals surface area contributed by atoms with Crippen LogP contribution in [0.1, 0.15) is 0 Å². The molecule has 4 nitrogen and oxygen atoms in total. The van der Waals surface area contributed by atoms with Gasteiger partial charge < -0.3 is 10.8 Å². The maximum atomic E-state index is 12.1. The summed E-state index contributed by atoms with van der Waals surface area (Å²) < 4.78 is 24.3. The van der Waals surface area contributed by atoms with Crippen molar-refractivity contribution in [3.8, 4) is 0 Å². The van der Waals surface area contributed by atoms with Crippen molar-refractivity contribution in [3.05, 3.63) is 42.1 Å². The number of aliphatic carboxylic acids is 1. The Morgan fingerprint density at radius 1 is 1.35 bits per heavy atom. The summed E-state index contributed by atoms with van der Waals surface area (Å²) in [6.07, 6.45) is -2.25. The van der Waals surface area contributed by atoms with Crippen LogP contribution < -0.4 is 5.73 Å². The minimum atomic E-state index is -2.91. The predicted molar refractivity (Wildman–Crippen MR) is 59.4 cm³/mol. The van der Waals surface area contributed by atoms with E-state index in [2.05, 4.69) is 4.99 Å². The number of nitrogens with zero attached hydrogens (tertiary/aromatic N) is 1. The summed E-state index contributed by atoms with van der Waals surface area (Å²) in [6.45, 7) is 0. The van der Waals surface area contributed by atoms with Gasteiger partial charge in [-0.25, -0.2) is 18.6 Å². The second kappa shape index (κ2) is 5.74. The summed E-state index contributed by atoms with van der Waals surface area (Å²) in [5, 5.41) is 8.79. The molecule has 1 aromatic rings. The molecular formula is C11H10F2N2O2. The van der Waals surface area contributed by atoms with Crippen molar-refractivity contribution in [2.75, 3.05) is 0 Å². The fourth-order valence-corrected chi connectivity index (χ4v) is 1.00. The second-order valence-electron chi connectivity index (χ2n) is 3.08. The van der Waals surface area contributed by atoms with E-state index in [0.717, 1.165) is 0 Å². The van der Waals surface area contributed by atoms with E-state index in [1.165, 1.54) is 0 Å². The highest BCUT2D eigenvalue weighted by molar-refractivity contribution is 6.41. The monoisotopic (exact) mass is 240 g/mol. The molecule has 0 aromatic heterocycles. The minimum absolute atomic E-state index is 0.350. The zero-order valence-corrected chi connectivity index (χ0v) is 8.68. The molecule has 1 rings (SSSR count). The number of alkyl halides is 2. The van der Waals surface area contributed by atoms with Crippen LogP contribution in [0.15, 0.2) is 47.1 Å². The van der Waals surface area contributed by atoms with Crippen molar-refractivity contribution >= 4 is 17.4 Å². The Kier molecular flexibility index (Phi) is 4.33. The molecule has 0 aliphatic rings. The third kappa shape index (κ3) is 4.02. The number of hydrogen-bond donors (Lipinski definition) is 2. The lowest BCUT2D eigenvalue weighted by Gasteiger charge is -2.00. The summed E-state index contributed by atoms with van der Waals surface area (Å²) >= 11 is 0. The van der Waals surface area contributed by atoms with E-state index >= 15 is 0 Å². The van der Waals surface area contributed by atoms with Crippen LogP contribution in [0.4, 0.5) is 14.5 Å². The maximum Gasteiger partial charge on any atom is 0.354 e. The Morgan fingerprint density at radius 3 is 2.41 bits per heavy atom. The molecule has 0 atom stereocenters. The quantitative estimate of drug-likeness (QED) is 0.790. The van der Waals surface area contributed by atoms with Crippen LogP contribution in [-0.4, -0.2) is 23.2 Å². The molecule has 0 bridgehead atoms. The lowest BCUT2D eigenvalue weighted by atomic mass is 10.2. The van der Waals surface area contributed by atoms with E-state index in [1.54, 1.807) is 30.3 Å². The first-order valence-electron chi connectivity index (χ1n) is 4.63. The molecule has 0 fully saturated rings. The summed E-state index contributed by atoms with van der Waals surface area (Å²) in [4.78, 5) is 14.5. The fourth-order valence-electron chi connectivity index (χ4n) is 1.00. The van der Waals surface area contributed by atoms with Crippen molar-refractivity contribution in [3.63, 3.8) is 0 Å². The summed E-state index contributed by atoms with van der Waals surface area (Å²) in [5.41, 5.74) is 3.96. The number of hydrogen-bond acceptors (Lipinski definition) is 3. The van der Waals surface area contributed by atoms with Gasteiger partial charge in [-0.05, 0) is 18.2 Å². The van der Waals surface area contributed by atoms with Crippen molar-refractivity contribution in [1.29, 1.82) is 0 Å². The Bertz CT molecular complexity index is 456. The third-order valence-electron chi connectivity index (χ3n) is 1.78. The molecule has 0 saturated heterocycles. The third-order valence-corrected chi connectivity index (χ3v) is 1.78. The summed E-state index contributed by atoms with van der Waals surface area (Å²) in [5.74, 6) is -1.42. The maximum absolute atomic E-state index is 12.1. The number of benzene rings is 1. The molecule has 0 radical (unpaired) electrons. The largest absolute Gasteiger partial charge is 0.477 e. The van der Waals surface area contributed by atoms with Gasteiger partial charge in [-0.15, -0.1) is 0 Å². The minimum Gasteiger partial charge on any atom is -0.477 e. The molecule has 1 aromatic carbocycles. The van der Waals surface area contributed by atoms with Crippen LogP contribution >= 0.6 is 0 Å². The first-order chi connectivity index (χ1) is 8.00. The van der Waals surface area contributed by atoms with Gasteiger partial charge in [0, 0.05) is 0 Å². The van der Waals surface area contributed by atoms with E-state index in [-0.39, 0.29) is 0 Å². The number of para-hydroxylation sites is 1. The predicted octanol–water partition coefficient (Wildman–Crippen LogP) is 1.95. The number of halogens is 2. The van der Waals surface area contributed by atoms with Crippen molar-refractivity contribution in [2.24, 2.45) is 10.7 Å². The standard InChI is InChI=1S/C11H10F2N2O2/c12-10(13)8(14)6-9(11(16)17)15-7-4-2-1-3-5-7/h1-6,10H,14H2,(H,16,17). The highest BCUT2D eigenvalue weighted by atomic mass is 19.3. The van der Waals surface area contributed by atoms with Crippen LogP contribution in [0.3, 0.4) is 0 Å². The molecular weight excluding hydrogens is 230 g/mol. The zero-order chi connectivity index (χ0) is 12.8. The van der Waals surface area contributed by atoms with Crippen LogP contribution in [-0.2, 0) is 4.79 Å². The Hall–Kier alpha value is -2.24. The Labute approximate surface area is 96.1 Å². The molecule has 0 saturated carbocycles. The SMILES string of the molecule is NC(=CC(=Nc1ccccc1)C(=O)O)C(F)F. The van der Waals surface area contributed by atoms with Crippen LogP contribution in [0.5, 0.6) is 0 Å². The second-order valence-corrected chi connectivity index (χ2v) is 3.08. The summed E-state index contributed by atoms with van der Waals surface area (Å²) in [7, 11) is 0. The van der Waals surface area contributed by atoms with Gasteiger partial charge in [-0.2, -0.15) is 0 Å². The van der Waals surface area contributed by atoms with Gasteiger partial charge in [0.15, 0.2) is 5.71 Å². The van der Waals surface area contributed by atoms with Crippen LogP contribution in [0.25, 0.3) is 0 Å². The Morgan fingerprint density at radius 2 is 1.94 bits per heavy atom. The highest BCUT2D eigenvalue weighted by Crippen LogP contribution is 2.11. The number of carboxylic acids is 1. The Balaban J connectivity index is 3.07. The van der Waals surface area contributed by atoms with Crippen molar-refractivity contribution < 1.29 is 18.7 Å². The average molecular weight is 240 g/mol. The number of carbonyl (C=O) groups is 1. The molecule has 0 aliphatic heterocycles. The average Bonchev–Trinajstić information content (AvgIpc) is 2.29. The summed E-state index contributed by atoms with van der Waals surface area (Å²) in [6, 6.07) is 8.13. The lowest BCUT2D eigenvalue weighted by Crippen LogP contribution is -2.16. The molecule has 0 unspecified atom stereocenters. The van der Waals surface area contributed by atoms with Crippen molar-refractivity contribution in [1.82, 2.24) is 0 Å². The molecule has 90 valence electrons. The topological polar surface area (TPSA) is 75.7 Å². The van der Waals surface area contributed by atoms with Gasteiger partial charge in [0.05, 0.1) is 11.4 Å². The van der Waals surface area contributed by atoms with Gasteiger partial charge in [0.1, 0.15) is 0 Å². The van der Waals surface area contributed by atoms with E-state index in [4.69, 9.17) is 10.8 Å². The first-order valence-corrected chi connectivity index (χ1v) is 4.63. The lowest BCUT2D eigenvalue weighted by molar-refractivity contribution is -0.129. The van der Waals surface area contributed by atoms with Gasteiger partial charge >= 0.3 is 5.97 Å². The van der Waals surface area contributed by atoms with E-state index in [0.29, 0.717) is 11.8 Å². The molecule has 0 spiro atoms. The van der Waals surface area contributed by atoms with E-state index < -0.39 is 23.8 Å². The number of allylic oxidation sites excluding steroid dienone is 1. The number of aliphatic imine (C=N–C) groups is 1. The number of nitrogens with two attached hydrogens (primary N) is 1. The van der Waals surface area contributed by atoms with Gasteiger partial charge in [-0.3, -0.25) is 0 Å². The van der Waals surface area contributed by atoms with Gasteiger partial charge in [0.25, 0.3) is 6.43 Å². The van der Waals surface area contributed by atoms with Crippen LogP contribution in [0.2, 0.25) is 0 Å². The molecule has 3 N–H and O–H groups in total. The number of carboxylic acid groups (broad SMARTS) is 1. The van der Waals surface area contributed by atoms with E-state index in [1.807, 2.05) is 0 Å². The van der Waals surface area contributed by atoms with Gasteiger partial charge in [0.2, 0.25) is 0 Å². The molecule has 6 heteroatoms. The van der Waals surface area contributed by atoms with E-state index in [9.17, 15) is 13.6 Å². The molecule has 0 aliphatic carbocycles. The van der Waals surface area contributed by atoms with Crippen molar-refractivity contribution in [2.45, 2.75) is 6.43 Å². The molecule has 0 heterocycles. The highest BCUT2D eigenvalue weighted by Gasteiger charge is 2.12. The first kappa shape index (κ1) is 12.8. The fraction of sp³-hybridized carbons (Fsp3) is 0.0909. The van der Waals surface area contributed by atoms with Gasteiger partial charge in [-0.1, -0.05) is 18.2 Å². The zero-order valence-electron chi connectivity index (χ0n) is 8.68.